The summed E-state index contributed by atoms with van der Waals surface area (Å²) < 4.78 is 5.70. The van der Waals surface area contributed by atoms with E-state index in [9.17, 15) is 9.59 Å². The number of carbonyl (C=O) groups excluding carboxylic acids is 2. The van der Waals surface area contributed by atoms with Gasteiger partial charge in [-0.15, -0.1) is 0 Å². The van der Waals surface area contributed by atoms with Crippen LogP contribution in [0.3, 0.4) is 0 Å². The number of ether oxygens (including phenoxy) is 1. The molecule has 2 saturated heterocycles. The minimum Gasteiger partial charge on any atom is -0.368 e. The molecule has 6 unspecified atom stereocenters. The number of nitrogens with zero attached hydrogens (tertiary/aromatic N) is 2. The SMILES string of the molecule is CNCC(NC)C1CCC2C(C1)N(C(=O)C1CCCO1)CC(C)N2C(C)=O. The van der Waals surface area contributed by atoms with E-state index in [1.54, 1.807) is 6.92 Å². The van der Waals surface area contributed by atoms with Crippen molar-refractivity contribution in [1.29, 1.82) is 0 Å². The highest BCUT2D eigenvalue weighted by atomic mass is 16.5. The smallest absolute Gasteiger partial charge is 0.252 e. The lowest BCUT2D eigenvalue weighted by atomic mass is 9.75. The first-order chi connectivity index (χ1) is 13.0. The zero-order chi connectivity index (χ0) is 19.6. The Hall–Kier alpha value is -1.18. The molecule has 1 saturated carbocycles. The Bertz CT molecular complexity index is 537. The van der Waals surface area contributed by atoms with Crippen LogP contribution in [0.15, 0.2) is 0 Å². The summed E-state index contributed by atoms with van der Waals surface area (Å²) in [7, 11) is 3.98. The van der Waals surface area contributed by atoms with Crippen LogP contribution in [0.25, 0.3) is 0 Å². The highest BCUT2D eigenvalue weighted by Gasteiger charge is 2.48. The summed E-state index contributed by atoms with van der Waals surface area (Å²) in [4.78, 5) is 29.7. The Morgan fingerprint density at radius 2 is 1.96 bits per heavy atom. The van der Waals surface area contributed by atoms with Gasteiger partial charge in [0.25, 0.3) is 5.91 Å². The van der Waals surface area contributed by atoms with Crippen LogP contribution in [0.1, 0.15) is 46.0 Å². The number of nitrogens with one attached hydrogen (secondary N) is 2. The van der Waals surface area contributed by atoms with Crippen molar-refractivity contribution < 1.29 is 14.3 Å². The van der Waals surface area contributed by atoms with Gasteiger partial charge in [0.15, 0.2) is 0 Å². The molecule has 2 N–H and O–H groups in total. The Morgan fingerprint density at radius 3 is 2.56 bits per heavy atom. The Labute approximate surface area is 163 Å². The van der Waals surface area contributed by atoms with Gasteiger partial charge in [-0.25, -0.2) is 0 Å². The Balaban J connectivity index is 1.82. The van der Waals surface area contributed by atoms with Crippen molar-refractivity contribution in [3.8, 4) is 0 Å². The maximum Gasteiger partial charge on any atom is 0.252 e. The lowest BCUT2D eigenvalue weighted by molar-refractivity contribution is -0.160. The van der Waals surface area contributed by atoms with Gasteiger partial charge in [-0.2, -0.15) is 0 Å². The molecule has 0 spiro atoms. The average Bonchev–Trinajstić information content (AvgIpc) is 3.19. The summed E-state index contributed by atoms with van der Waals surface area (Å²) in [5.41, 5.74) is 0. The minimum atomic E-state index is -0.292. The predicted octanol–water partition coefficient (Wildman–Crippen LogP) is 0.589. The van der Waals surface area contributed by atoms with Crippen molar-refractivity contribution in [3.05, 3.63) is 0 Å². The molecule has 7 nitrogen and oxygen atoms in total. The van der Waals surface area contributed by atoms with Crippen LogP contribution in [0, 0.1) is 5.92 Å². The second-order valence-electron chi connectivity index (χ2n) is 8.43. The summed E-state index contributed by atoms with van der Waals surface area (Å²) >= 11 is 0. The van der Waals surface area contributed by atoms with Gasteiger partial charge in [-0.05, 0) is 59.0 Å². The molecule has 154 valence electrons. The predicted molar refractivity (Wildman–Crippen MR) is 104 cm³/mol. The number of fused-ring (bicyclic) bond motifs is 1. The van der Waals surface area contributed by atoms with Crippen LogP contribution in [0.5, 0.6) is 0 Å². The van der Waals surface area contributed by atoms with E-state index in [0.29, 0.717) is 25.1 Å². The van der Waals surface area contributed by atoms with Gasteiger partial charge in [0.1, 0.15) is 6.10 Å². The molecule has 0 radical (unpaired) electrons. The highest BCUT2D eigenvalue weighted by molar-refractivity contribution is 5.82. The number of carbonyl (C=O) groups is 2. The normalized spacial score (nSPS) is 35.0. The van der Waals surface area contributed by atoms with Gasteiger partial charge >= 0.3 is 0 Å². The molecule has 0 aromatic heterocycles. The van der Waals surface area contributed by atoms with Crippen molar-refractivity contribution in [1.82, 2.24) is 20.4 Å². The molecule has 7 heteroatoms. The van der Waals surface area contributed by atoms with Gasteiger partial charge in [0.2, 0.25) is 5.91 Å². The third-order valence-corrected chi connectivity index (χ3v) is 6.73. The van der Waals surface area contributed by atoms with Gasteiger partial charge in [-0.3, -0.25) is 9.59 Å². The van der Waals surface area contributed by atoms with Gasteiger partial charge in [0.05, 0.1) is 12.1 Å². The fraction of sp³-hybridized carbons (Fsp3) is 0.900. The van der Waals surface area contributed by atoms with Gasteiger partial charge in [0, 0.05) is 38.7 Å². The van der Waals surface area contributed by atoms with Crippen LogP contribution in [0.2, 0.25) is 0 Å². The largest absolute Gasteiger partial charge is 0.368 e. The number of hydrogen-bond donors (Lipinski definition) is 2. The molecule has 3 aliphatic rings. The van der Waals surface area contributed by atoms with Crippen molar-refractivity contribution in [2.45, 2.75) is 76.2 Å². The molecule has 2 amide bonds. The molecule has 2 aliphatic heterocycles. The maximum atomic E-state index is 13.2. The number of amides is 2. The molecule has 3 rings (SSSR count). The first kappa shape index (κ1) is 20.6. The number of hydrogen-bond acceptors (Lipinski definition) is 5. The lowest BCUT2D eigenvalue weighted by Gasteiger charge is -2.55. The molecular formula is C20H36N4O3. The van der Waals surface area contributed by atoms with Crippen LogP contribution >= 0.6 is 0 Å². The Morgan fingerprint density at radius 1 is 1.19 bits per heavy atom. The van der Waals surface area contributed by atoms with Crippen molar-refractivity contribution in [3.63, 3.8) is 0 Å². The van der Waals surface area contributed by atoms with Crippen molar-refractivity contribution >= 4 is 11.8 Å². The minimum absolute atomic E-state index is 0.0584. The van der Waals surface area contributed by atoms with E-state index in [0.717, 1.165) is 38.6 Å². The second kappa shape index (κ2) is 8.88. The quantitative estimate of drug-likeness (QED) is 0.730. The van der Waals surface area contributed by atoms with Gasteiger partial charge in [-0.1, -0.05) is 0 Å². The van der Waals surface area contributed by atoms with E-state index in [4.69, 9.17) is 4.74 Å². The first-order valence-electron chi connectivity index (χ1n) is 10.5. The van der Waals surface area contributed by atoms with Crippen molar-refractivity contribution in [2.75, 3.05) is 33.8 Å². The van der Waals surface area contributed by atoms with Crippen LogP contribution in [0.4, 0.5) is 0 Å². The van der Waals surface area contributed by atoms with Gasteiger partial charge < -0.3 is 25.2 Å². The molecule has 2 heterocycles. The average molecular weight is 381 g/mol. The topological polar surface area (TPSA) is 73.9 Å². The maximum absolute atomic E-state index is 13.2. The second-order valence-corrected chi connectivity index (χ2v) is 8.43. The summed E-state index contributed by atoms with van der Waals surface area (Å²) in [5, 5.41) is 6.71. The number of piperazine rings is 1. The summed E-state index contributed by atoms with van der Waals surface area (Å²) in [6.45, 7) is 5.93. The van der Waals surface area contributed by atoms with Crippen LogP contribution in [-0.2, 0) is 14.3 Å². The summed E-state index contributed by atoms with van der Waals surface area (Å²) in [6.07, 6.45) is 4.45. The van der Waals surface area contributed by atoms with E-state index in [1.165, 1.54) is 0 Å². The Kier molecular flexibility index (Phi) is 6.76. The van der Waals surface area contributed by atoms with E-state index >= 15 is 0 Å². The fourth-order valence-electron chi connectivity index (χ4n) is 5.50. The van der Waals surface area contributed by atoms with E-state index in [-0.39, 0.29) is 36.0 Å². The molecule has 0 bridgehead atoms. The van der Waals surface area contributed by atoms with Crippen LogP contribution in [-0.4, -0.2) is 85.7 Å². The molecule has 6 atom stereocenters. The summed E-state index contributed by atoms with van der Waals surface area (Å²) in [6, 6.07) is 0.650. The monoisotopic (exact) mass is 380 g/mol. The van der Waals surface area contributed by atoms with E-state index in [1.807, 2.05) is 19.0 Å². The molecular weight excluding hydrogens is 344 g/mol. The zero-order valence-corrected chi connectivity index (χ0v) is 17.2. The fourth-order valence-corrected chi connectivity index (χ4v) is 5.50. The van der Waals surface area contributed by atoms with E-state index < -0.39 is 0 Å². The highest BCUT2D eigenvalue weighted by Crippen LogP contribution is 2.37. The third-order valence-electron chi connectivity index (χ3n) is 6.73. The zero-order valence-electron chi connectivity index (χ0n) is 17.2. The van der Waals surface area contributed by atoms with E-state index in [2.05, 4.69) is 22.5 Å². The first-order valence-corrected chi connectivity index (χ1v) is 10.5. The van der Waals surface area contributed by atoms with Crippen molar-refractivity contribution in [2.24, 2.45) is 5.92 Å². The third kappa shape index (κ3) is 4.15. The molecule has 3 fully saturated rings. The lowest BCUT2D eigenvalue weighted by Crippen LogP contribution is -2.68. The van der Waals surface area contributed by atoms with Crippen LogP contribution < -0.4 is 10.6 Å². The molecule has 0 aromatic carbocycles. The molecule has 27 heavy (non-hydrogen) atoms. The number of likely N-dealkylation sites (N-methyl/N-ethyl adjacent to an activating group) is 2. The molecule has 0 aromatic rings. The standard InChI is InChI=1S/C20H36N4O3/c1-13-12-23(20(26)19-6-5-9-27-19)18-10-15(16(22-4)11-21-3)7-8-17(18)24(13)14(2)25/h13,15-19,21-22H,5-12H2,1-4H3. The summed E-state index contributed by atoms with van der Waals surface area (Å²) in [5.74, 6) is 0.749. The number of rotatable bonds is 5. The molecule has 1 aliphatic carbocycles.